The van der Waals surface area contributed by atoms with E-state index in [9.17, 15) is 0 Å². The number of hydrogen-bond acceptors (Lipinski definition) is 4. The van der Waals surface area contributed by atoms with Crippen LogP contribution in [0, 0.1) is 0 Å². The molecule has 6 heterocycles. The van der Waals surface area contributed by atoms with Gasteiger partial charge in [-0.25, -0.2) is 0 Å². The van der Waals surface area contributed by atoms with Crippen molar-refractivity contribution in [1.82, 2.24) is 19.1 Å². The number of aromatic nitrogens is 4. The number of pyridine rings is 2. The van der Waals surface area contributed by atoms with Crippen molar-refractivity contribution in [2.45, 2.75) is 0 Å². The van der Waals surface area contributed by atoms with Gasteiger partial charge in [-0.15, -0.1) is 0 Å². The zero-order chi connectivity index (χ0) is 42.6. The van der Waals surface area contributed by atoms with Gasteiger partial charge < -0.3 is 0 Å². The maximum absolute atomic E-state index is 4.56. The standard InChI is InChI=1S/C58H36GeN4S2/c1-3-15-37(16-4-1)59(38-17-5-2-6-18-38,47-25-11-21-41-43-23-13-29-53(57(43)64-55(41)47)62-49-27-9-7-19-39(49)45-35-60-33-31-51(45)62)48-26-12-22-42-44-24-14-30-54(58(44)65-56(42)48)63-50-28-10-8-20-40(50)46-36-61-34-32-52(46)63/h1-36H. The average Bonchev–Trinajstić information content (AvgIpc) is 4.14. The Kier molecular flexibility index (Phi) is 8.17. The summed E-state index contributed by atoms with van der Waals surface area (Å²) in [5.41, 5.74) is 7.11. The van der Waals surface area contributed by atoms with E-state index in [-0.39, 0.29) is 0 Å². The number of fused-ring (bicyclic) bond motifs is 12. The Morgan fingerprint density at radius 2 is 0.677 bits per heavy atom. The molecule has 0 radical (unpaired) electrons. The van der Waals surface area contributed by atoms with E-state index in [4.69, 9.17) is 0 Å². The van der Waals surface area contributed by atoms with Crippen LogP contribution in [0.1, 0.15) is 0 Å². The van der Waals surface area contributed by atoms with Gasteiger partial charge in [0.15, 0.2) is 0 Å². The summed E-state index contributed by atoms with van der Waals surface area (Å²) in [5, 5.41) is 9.94. The van der Waals surface area contributed by atoms with Gasteiger partial charge in [0.1, 0.15) is 0 Å². The van der Waals surface area contributed by atoms with Gasteiger partial charge in [0, 0.05) is 0 Å². The van der Waals surface area contributed by atoms with Gasteiger partial charge in [-0.1, -0.05) is 0 Å². The van der Waals surface area contributed by atoms with Crippen LogP contribution in [0.3, 0.4) is 0 Å². The summed E-state index contributed by atoms with van der Waals surface area (Å²) in [6, 6.07) is 72.9. The first-order chi connectivity index (χ1) is 32.3. The van der Waals surface area contributed by atoms with Crippen LogP contribution in [0.4, 0.5) is 0 Å². The number of rotatable bonds is 6. The third kappa shape index (κ3) is 5.18. The number of nitrogens with zero attached hydrogens (tertiary/aromatic N) is 4. The van der Waals surface area contributed by atoms with Crippen LogP contribution in [0.5, 0.6) is 0 Å². The Morgan fingerprint density at radius 1 is 0.308 bits per heavy atom. The molecule has 65 heavy (non-hydrogen) atoms. The Hall–Kier alpha value is -7.36. The molecular formula is C58H36GeN4S2. The van der Waals surface area contributed by atoms with Gasteiger partial charge in [-0.2, -0.15) is 0 Å². The predicted octanol–water partition coefficient (Wildman–Crippen LogP) is 12.8. The van der Waals surface area contributed by atoms with Crippen molar-refractivity contribution < 1.29 is 0 Å². The van der Waals surface area contributed by atoms with E-state index in [2.05, 4.69) is 213 Å². The molecule has 0 amide bonds. The van der Waals surface area contributed by atoms with Crippen molar-refractivity contribution in [1.29, 1.82) is 0 Å². The Bertz CT molecular complexity index is 3820. The summed E-state index contributed by atoms with van der Waals surface area (Å²) in [6.45, 7) is 0. The van der Waals surface area contributed by atoms with E-state index < -0.39 is 13.3 Å². The molecule has 0 N–H and O–H groups in total. The molecule has 14 aromatic rings. The number of para-hydroxylation sites is 2. The van der Waals surface area contributed by atoms with Gasteiger partial charge >= 0.3 is 387 Å². The molecule has 0 unspecified atom stereocenters. The summed E-state index contributed by atoms with van der Waals surface area (Å²) in [7, 11) is 0. The summed E-state index contributed by atoms with van der Waals surface area (Å²) in [6.07, 6.45) is 7.86. The van der Waals surface area contributed by atoms with E-state index in [0.29, 0.717) is 0 Å². The van der Waals surface area contributed by atoms with Crippen LogP contribution in [-0.2, 0) is 0 Å². The monoisotopic (exact) mass is 926 g/mol. The molecule has 14 rings (SSSR count). The normalized spacial score (nSPS) is 12.3. The van der Waals surface area contributed by atoms with Gasteiger partial charge in [-0.05, 0) is 0 Å². The minimum absolute atomic E-state index is 1.17. The number of thiophene rings is 2. The molecule has 0 spiro atoms. The molecule has 6 aromatic heterocycles. The van der Waals surface area contributed by atoms with Crippen LogP contribution >= 0.6 is 22.7 Å². The second kappa shape index (κ2) is 14.3. The summed E-state index contributed by atoms with van der Waals surface area (Å²) >= 11 is -0.0305. The molecule has 0 saturated heterocycles. The fourth-order valence-corrected chi connectivity index (χ4v) is 26.0. The van der Waals surface area contributed by atoms with Crippen LogP contribution in [0.25, 0.3) is 95.3 Å². The third-order valence-electron chi connectivity index (χ3n) is 13.7. The molecule has 304 valence electrons. The number of hydrogen-bond donors (Lipinski definition) is 0. The maximum atomic E-state index is 4.56. The molecule has 0 saturated carbocycles. The molecule has 0 bridgehead atoms. The van der Waals surface area contributed by atoms with E-state index >= 15 is 0 Å². The first-order valence-electron chi connectivity index (χ1n) is 22.0. The molecule has 0 atom stereocenters. The first kappa shape index (κ1) is 37.1. The molecule has 7 heteroatoms. The molecular weight excluding hydrogens is 889 g/mol. The molecule has 8 aromatic carbocycles. The zero-order valence-electron chi connectivity index (χ0n) is 34.9. The van der Waals surface area contributed by atoms with Crippen LogP contribution in [0.15, 0.2) is 219 Å². The van der Waals surface area contributed by atoms with E-state index in [1.54, 1.807) is 0 Å². The van der Waals surface area contributed by atoms with E-state index in [1.165, 1.54) is 113 Å². The average molecular weight is 926 g/mol. The molecule has 4 nitrogen and oxygen atoms in total. The van der Waals surface area contributed by atoms with Gasteiger partial charge in [0.2, 0.25) is 0 Å². The quantitative estimate of drug-likeness (QED) is 0.156. The molecule has 0 fully saturated rings. The van der Waals surface area contributed by atoms with Crippen molar-refractivity contribution >= 4 is 137 Å². The number of benzene rings is 8. The Morgan fingerprint density at radius 3 is 1.14 bits per heavy atom. The van der Waals surface area contributed by atoms with Gasteiger partial charge in [-0.3, -0.25) is 0 Å². The van der Waals surface area contributed by atoms with Crippen LogP contribution in [0.2, 0.25) is 0 Å². The molecule has 0 aliphatic heterocycles. The third-order valence-corrected chi connectivity index (χ3v) is 27.1. The van der Waals surface area contributed by atoms with Gasteiger partial charge in [0.05, 0.1) is 0 Å². The zero-order valence-corrected chi connectivity index (χ0v) is 38.6. The van der Waals surface area contributed by atoms with Crippen molar-refractivity contribution in [2.24, 2.45) is 0 Å². The van der Waals surface area contributed by atoms with E-state index in [0.717, 1.165) is 0 Å². The summed E-state index contributed by atoms with van der Waals surface area (Å²) < 4.78 is 16.0. The van der Waals surface area contributed by atoms with E-state index in [1.807, 2.05) is 47.5 Å². The van der Waals surface area contributed by atoms with Crippen molar-refractivity contribution in [3.63, 3.8) is 0 Å². The fraction of sp³-hybridized carbons (Fsp3) is 0. The molecule has 0 aliphatic carbocycles. The van der Waals surface area contributed by atoms with Crippen molar-refractivity contribution in [3.8, 4) is 11.4 Å². The SMILES string of the molecule is c1cc[c]([Ge]([c]2ccccc2)([c]2cccc3c2sc2c(-n4c5ccccc5c5cnccc54)cccc23)[c]2cccc3c2sc2c(-n4c5ccccc5c5cnccc54)cccc23)cc1. The van der Waals surface area contributed by atoms with Crippen molar-refractivity contribution in [2.75, 3.05) is 0 Å². The second-order valence-corrected chi connectivity index (χ2v) is 26.7. The van der Waals surface area contributed by atoms with Crippen LogP contribution in [-0.4, -0.2) is 32.4 Å². The van der Waals surface area contributed by atoms with Crippen molar-refractivity contribution in [3.05, 3.63) is 219 Å². The topological polar surface area (TPSA) is 35.6 Å². The summed E-state index contributed by atoms with van der Waals surface area (Å²) in [4.78, 5) is 9.12. The Labute approximate surface area is 384 Å². The second-order valence-electron chi connectivity index (χ2n) is 16.8. The molecule has 0 aliphatic rings. The minimum atomic E-state index is -3.95. The van der Waals surface area contributed by atoms with Crippen LogP contribution < -0.4 is 17.6 Å². The predicted molar refractivity (Wildman–Crippen MR) is 280 cm³/mol. The van der Waals surface area contributed by atoms with Gasteiger partial charge in [0.25, 0.3) is 0 Å². The Balaban J connectivity index is 1.10. The first-order valence-corrected chi connectivity index (χ1v) is 27.8. The fourth-order valence-electron chi connectivity index (χ4n) is 11.0. The summed E-state index contributed by atoms with van der Waals surface area (Å²) in [5.74, 6) is 0.